The van der Waals surface area contributed by atoms with E-state index in [-0.39, 0.29) is 24.4 Å². The summed E-state index contributed by atoms with van der Waals surface area (Å²) in [6.45, 7) is 9.05. The number of likely N-dealkylation sites (N-methyl/N-ethyl adjacent to an activating group) is 1. The van der Waals surface area contributed by atoms with Gasteiger partial charge in [0.2, 0.25) is 11.8 Å². The molecule has 144 valence electrons. The average molecular weight is 360 g/mol. The van der Waals surface area contributed by atoms with Gasteiger partial charge in [0.15, 0.2) is 0 Å². The predicted octanol–water partition coefficient (Wildman–Crippen LogP) is 3.35. The molecule has 1 aliphatic heterocycles. The molecule has 1 aromatic rings. The fraction of sp³-hybridized carbons (Fsp3) is 0.619. The summed E-state index contributed by atoms with van der Waals surface area (Å²) in [5.74, 6) is 0.0501. The van der Waals surface area contributed by atoms with E-state index in [0.29, 0.717) is 6.04 Å². The van der Waals surface area contributed by atoms with Crippen LogP contribution in [0.4, 0.5) is 5.69 Å². The molecule has 1 aromatic carbocycles. The van der Waals surface area contributed by atoms with E-state index in [2.05, 4.69) is 12.2 Å². The van der Waals surface area contributed by atoms with Crippen LogP contribution >= 0.6 is 0 Å². The van der Waals surface area contributed by atoms with Crippen LogP contribution in [0.5, 0.6) is 0 Å². The second-order valence-corrected chi connectivity index (χ2v) is 7.50. The summed E-state index contributed by atoms with van der Waals surface area (Å²) in [6.07, 6.45) is 4.36. The van der Waals surface area contributed by atoms with E-state index < -0.39 is 0 Å². The van der Waals surface area contributed by atoms with Crippen molar-refractivity contribution in [1.29, 1.82) is 0 Å². The smallest absolute Gasteiger partial charge is 0.239 e. The zero-order chi connectivity index (χ0) is 19.3. The Morgan fingerprint density at radius 2 is 1.92 bits per heavy atom. The highest BCUT2D eigenvalue weighted by molar-refractivity contribution is 5.94. The molecule has 0 aliphatic carbocycles. The van der Waals surface area contributed by atoms with Gasteiger partial charge >= 0.3 is 0 Å². The summed E-state index contributed by atoms with van der Waals surface area (Å²) in [7, 11) is 1.84. The van der Waals surface area contributed by atoms with Crippen molar-refractivity contribution in [2.24, 2.45) is 0 Å². The molecule has 0 spiro atoms. The number of amides is 2. The van der Waals surface area contributed by atoms with E-state index >= 15 is 0 Å². The molecule has 2 atom stereocenters. The molecule has 0 aromatic heterocycles. The van der Waals surface area contributed by atoms with E-state index in [4.69, 9.17) is 0 Å². The summed E-state index contributed by atoms with van der Waals surface area (Å²) in [4.78, 5) is 29.2. The van der Waals surface area contributed by atoms with E-state index in [1.807, 2.05) is 55.8 Å². The summed E-state index contributed by atoms with van der Waals surface area (Å²) >= 11 is 0. The number of piperidine rings is 1. The minimum atomic E-state index is -0.300. The highest BCUT2D eigenvalue weighted by Crippen LogP contribution is 2.22. The Kier molecular flexibility index (Phi) is 7.21. The maximum Gasteiger partial charge on any atom is 0.239 e. The van der Waals surface area contributed by atoms with Crippen LogP contribution in [0, 0.1) is 13.8 Å². The van der Waals surface area contributed by atoms with Gasteiger partial charge < -0.3 is 10.2 Å². The molecule has 0 bridgehead atoms. The van der Waals surface area contributed by atoms with Crippen molar-refractivity contribution in [2.45, 2.75) is 65.5 Å². The first kappa shape index (κ1) is 20.4. The number of rotatable bonds is 6. The quantitative estimate of drug-likeness (QED) is 0.847. The van der Waals surface area contributed by atoms with Crippen LogP contribution in [0.3, 0.4) is 0 Å². The van der Waals surface area contributed by atoms with Crippen LogP contribution in [0.25, 0.3) is 0 Å². The Hall–Kier alpha value is -1.88. The molecule has 2 amide bonds. The largest absolute Gasteiger partial charge is 0.338 e. The number of carbonyl (C=O) groups is 2. The summed E-state index contributed by atoms with van der Waals surface area (Å²) in [5.41, 5.74) is 2.96. The van der Waals surface area contributed by atoms with Gasteiger partial charge in [-0.05, 0) is 64.6 Å². The number of hydrogen-bond donors (Lipinski definition) is 1. The first-order valence-electron chi connectivity index (χ1n) is 9.72. The number of hydrogen-bond acceptors (Lipinski definition) is 3. The van der Waals surface area contributed by atoms with Crippen molar-refractivity contribution < 1.29 is 9.59 Å². The number of nitrogens with zero attached hydrogens (tertiary/aromatic N) is 2. The van der Waals surface area contributed by atoms with Gasteiger partial charge in [0.1, 0.15) is 0 Å². The monoisotopic (exact) mass is 359 g/mol. The van der Waals surface area contributed by atoms with Gasteiger partial charge in [0.05, 0.1) is 12.6 Å². The molecule has 26 heavy (non-hydrogen) atoms. The molecular weight excluding hydrogens is 326 g/mol. The Balaban J connectivity index is 1.96. The van der Waals surface area contributed by atoms with Crippen molar-refractivity contribution in [2.75, 3.05) is 25.5 Å². The van der Waals surface area contributed by atoms with Gasteiger partial charge in [-0.1, -0.05) is 25.1 Å². The molecule has 2 rings (SSSR count). The lowest BCUT2D eigenvalue weighted by Gasteiger charge is -2.38. The molecule has 0 radical (unpaired) electrons. The summed E-state index contributed by atoms with van der Waals surface area (Å²) in [5, 5.41) is 3.00. The number of nitrogens with one attached hydrogen (secondary N) is 1. The van der Waals surface area contributed by atoms with Gasteiger partial charge in [-0.2, -0.15) is 0 Å². The number of carbonyl (C=O) groups excluding carboxylic acids is 2. The minimum absolute atomic E-state index is 0.0877. The van der Waals surface area contributed by atoms with Crippen LogP contribution in [0.2, 0.25) is 0 Å². The molecular formula is C21H33N3O2. The minimum Gasteiger partial charge on any atom is -0.338 e. The molecule has 1 aliphatic rings. The first-order valence-corrected chi connectivity index (χ1v) is 9.72. The highest BCUT2D eigenvalue weighted by atomic mass is 16.2. The number of benzene rings is 1. The molecule has 1 heterocycles. The van der Waals surface area contributed by atoms with Crippen molar-refractivity contribution in [3.8, 4) is 0 Å². The molecule has 0 unspecified atom stereocenters. The Morgan fingerprint density at radius 1 is 1.27 bits per heavy atom. The topological polar surface area (TPSA) is 52.7 Å². The number of aryl methyl sites for hydroxylation is 2. The molecule has 5 nitrogen and oxygen atoms in total. The molecule has 1 saturated heterocycles. The Bertz CT molecular complexity index is 624. The number of para-hydroxylation sites is 1. The van der Waals surface area contributed by atoms with Gasteiger partial charge in [0.25, 0.3) is 0 Å². The predicted molar refractivity (Wildman–Crippen MR) is 106 cm³/mol. The third kappa shape index (κ3) is 4.85. The van der Waals surface area contributed by atoms with Crippen molar-refractivity contribution in [3.05, 3.63) is 29.3 Å². The summed E-state index contributed by atoms with van der Waals surface area (Å²) in [6, 6.07) is 6.00. The van der Waals surface area contributed by atoms with Gasteiger partial charge in [0, 0.05) is 18.3 Å². The van der Waals surface area contributed by atoms with E-state index in [1.165, 1.54) is 6.42 Å². The van der Waals surface area contributed by atoms with E-state index in [9.17, 15) is 9.59 Å². The summed E-state index contributed by atoms with van der Waals surface area (Å²) < 4.78 is 0. The van der Waals surface area contributed by atoms with Crippen LogP contribution in [0.15, 0.2) is 18.2 Å². The van der Waals surface area contributed by atoms with Crippen molar-refractivity contribution >= 4 is 17.5 Å². The van der Waals surface area contributed by atoms with Crippen molar-refractivity contribution in [3.63, 3.8) is 0 Å². The molecule has 1 fully saturated rings. The fourth-order valence-electron chi connectivity index (χ4n) is 3.70. The normalized spacial score (nSPS) is 18.7. The highest BCUT2D eigenvalue weighted by Gasteiger charge is 2.30. The van der Waals surface area contributed by atoms with Crippen LogP contribution in [0.1, 0.15) is 50.7 Å². The number of anilines is 1. The van der Waals surface area contributed by atoms with Crippen LogP contribution in [-0.4, -0.2) is 53.8 Å². The second kappa shape index (κ2) is 9.17. The van der Waals surface area contributed by atoms with E-state index in [0.717, 1.165) is 42.6 Å². The lowest BCUT2D eigenvalue weighted by molar-refractivity contribution is -0.140. The second-order valence-electron chi connectivity index (χ2n) is 7.50. The third-order valence-electron chi connectivity index (χ3n) is 5.54. The molecule has 1 N–H and O–H groups in total. The van der Waals surface area contributed by atoms with Crippen LogP contribution < -0.4 is 5.32 Å². The van der Waals surface area contributed by atoms with Crippen LogP contribution in [-0.2, 0) is 9.59 Å². The molecule has 5 heteroatoms. The lowest BCUT2D eigenvalue weighted by atomic mass is 9.99. The third-order valence-corrected chi connectivity index (χ3v) is 5.54. The standard InChI is InChI=1S/C21H33N3O2/c1-6-18-12-7-8-13-24(18)21(26)17(4)23(5)14-19(25)22-20-15(2)10-9-11-16(20)3/h9-11,17-18H,6-8,12-14H2,1-5H3,(H,22,25)/t17-,18-/m0/s1. The SMILES string of the molecule is CC[C@H]1CCCCN1C(=O)[C@H](C)N(C)CC(=O)Nc1c(C)cccc1C. The molecule has 0 saturated carbocycles. The van der Waals surface area contributed by atoms with Gasteiger partial charge in [-0.15, -0.1) is 0 Å². The Labute approximate surface area is 157 Å². The van der Waals surface area contributed by atoms with E-state index in [1.54, 1.807) is 0 Å². The zero-order valence-corrected chi connectivity index (χ0v) is 16.8. The van der Waals surface area contributed by atoms with Gasteiger partial charge in [-0.25, -0.2) is 0 Å². The lowest BCUT2D eigenvalue weighted by Crippen LogP contribution is -2.52. The van der Waals surface area contributed by atoms with Gasteiger partial charge in [-0.3, -0.25) is 14.5 Å². The maximum atomic E-state index is 12.9. The Morgan fingerprint density at radius 3 is 2.54 bits per heavy atom. The maximum absolute atomic E-state index is 12.9. The zero-order valence-electron chi connectivity index (χ0n) is 16.8. The average Bonchev–Trinajstić information content (AvgIpc) is 2.63. The fourth-order valence-corrected chi connectivity index (χ4v) is 3.70. The number of likely N-dealkylation sites (tertiary alicyclic amines) is 1. The first-order chi connectivity index (χ1) is 12.3. The van der Waals surface area contributed by atoms with Crippen molar-refractivity contribution in [1.82, 2.24) is 9.80 Å².